The maximum absolute atomic E-state index is 12.2. The van der Waals surface area contributed by atoms with Gasteiger partial charge in [-0.1, -0.05) is 25.4 Å². The van der Waals surface area contributed by atoms with Crippen molar-refractivity contribution in [2.45, 2.75) is 26.9 Å². The number of pyridine rings is 1. The molecule has 1 heterocycles. The van der Waals surface area contributed by atoms with E-state index in [2.05, 4.69) is 24.1 Å². The third-order valence-electron chi connectivity index (χ3n) is 3.31. The topological polar surface area (TPSA) is 77.5 Å². The predicted molar refractivity (Wildman–Crippen MR) is 99.5 cm³/mol. The minimum Gasteiger partial charge on any atom is -0.493 e. The summed E-state index contributed by atoms with van der Waals surface area (Å²) in [4.78, 5) is 28.2. The van der Waals surface area contributed by atoms with Crippen molar-refractivity contribution in [3.8, 4) is 5.75 Å². The summed E-state index contributed by atoms with van der Waals surface area (Å²) < 4.78 is 10.8. The SMILES string of the molecule is CC(C)COc1ccc(C(=O)O[C@@H](C)C(=O)Nc2ccc(Cl)cn2)cc1. The molecule has 2 aromatic rings. The van der Waals surface area contributed by atoms with Crippen LogP contribution >= 0.6 is 11.6 Å². The molecule has 0 aliphatic rings. The lowest BCUT2D eigenvalue weighted by atomic mass is 10.2. The highest BCUT2D eigenvalue weighted by atomic mass is 35.5. The lowest BCUT2D eigenvalue weighted by Crippen LogP contribution is -2.30. The first-order valence-electron chi connectivity index (χ1n) is 8.21. The van der Waals surface area contributed by atoms with Crippen molar-refractivity contribution in [2.75, 3.05) is 11.9 Å². The van der Waals surface area contributed by atoms with Gasteiger partial charge in [-0.05, 0) is 49.2 Å². The lowest BCUT2D eigenvalue weighted by molar-refractivity contribution is -0.123. The van der Waals surface area contributed by atoms with Crippen LogP contribution in [0.5, 0.6) is 5.75 Å². The number of rotatable bonds is 7. The molecular formula is C19H21ClN2O4. The number of anilines is 1. The van der Waals surface area contributed by atoms with E-state index in [4.69, 9.17) is 21.1 Å². The van der Waals surface area contributed by atoms with Gasteiger partial charge >= 0.3 is 5.97 Å². The monoisotopic (exact) mass is 376 g/mol. The fourth-order valence-corrected chi connectivity index (χ4v) is 2.02. The van der Waals surface area contributed by atoms with E-state index in [1.807, 2.05) is 0 Å². The van der Waals surface area contributed by atoms with Crippen molar-refractivity contribution in [3.63, 3.8) is 0 Å². The molecule has 7 heteroatoms. The number of carbonyl (C=O) groups is 2. The summed E-state index contributed by atoms with van der Waals surface area (Å²) in [5.41, 5.74) is 0.339. The maximum Gasteiger partial charge on any atom is 0.338 e. The standard InChI is InChI=1S/C19H21ClN2O4/c1-12(2)11-25-16-7-4-14(5-8-16)19(24)26-13(3)18(23)22-17-9-6-15(20)10-21-17/h4-10,12-13H,11H2,1-3H3,(H,21,22,23)/t13-/m0/s1. The van der Waals surface area contributed by atoms with Crippen LogP contribution in [-0.4, -0.2) is 29.6 Å². The van der Waals surface area contributed by atoms with E-state index in [9.17, 15) is 9.59 Å². The molecule has 1 aromatic heterocycles. The van der Waals surface area contributed by atoms with Crippen LogP contribution in [0.25, 0.3) is 0 Å². The van der Waals surface area contributed by atoms with Crippen molar-refractivity contribution in [3.05, 3.63) is 53.2 Å². The van der Waals surface area contributed by atoms with Crippen LogP contribution in [0.15, 0.2) is 42.6 Å². The average molecular weight is 377 g/mol. The van der Waals surface area contributed by atoms with E-state index < -0.39 is 18.0 Å². The second kappa shape index (κ2) is 9.20. The first-order chi connectivity index (χ1) is 12.3. The number of esters is 1. The van der Waals surface area contributed by atoms with Crippen LogP contribution < -0.4 is 10.1 Å². The van der Waals surface area contributed by atoms with Gasteiger partial charge in [0, 0.05) is 6.20 Å². The molecule has 26 heavy (non-hydrogen) atoms. The first kappa shape index (κ1) is 19.7. The molecule has 6 nitrogen and oxygen atoms in total. The number of benzene rings is 1. The molecule has 0 radical (unpaired) electrons. The molecule has 138 valence electrons. The Hall–Kier alpha value is -2.60. The van der Waals surface area contributed by atoms with Gasteiger partial charge in [-0.3, -0.25) is 4.79 Å². The Bertz CT molecular complexity index is 745. The maximum atomic E-state index is 12.2. The van der Waals surface area contributed by atoms with Crippen molar-refractivity contribution < 1.29 is 19.1 Å². The third-order valence-corrected chi connectivity index (χ3v) is 3.53. The quantitative estimate of drug-likeness (QED) is 0.740. The second-order valence-corrected chi connectivity index (χ2v) is 6.56. The Kier molecular flexibility index (Phi) is 6.97. The minimum atomic E-state index is -0.975. The van der Waals surface area contributed by atoms with Gasteiger partial charge < -0.3 is 14.8 Å². The Labute approximate surface area is 157 Å². The van der Waals surface area contributed by atoms with Crippen molar-refractivity contribution in [2.24, 2.45) is 5.92 Å². The summed E-state index contributed by atoms with van der Waals surface area (Å²) in [5.74, 6) is 0.343. The first-order valence-corrected chi connectivity index (χ1v) is 8.59. The van der Waals surface area contributed by atoms with Crippen LogP contribution in [0.1, 0.15) is 31.1 Å². The van der Waals surface area contributed by atoms with Crippen LogP contribution in [0.3, 0.4) is 0 Å². The van der Waals surface area contributed by atoms with Crippen LogP contribution in [0, 0.1) is 5.92 Å². The molecule has 0 unspecified atom stereocenters. The van der Waals surface area contributed by atoms with Crippen LogP contribution in [0.4, 0.5) is 5.82 Å². The summed E-state index contributed by atoms with van der Waals surface area (Å²) >= 11 is 5.74. The Balaban J connectivity index is 1.89. The van der Waals surface area contributed by atoms with Crippen LogP contribution in [-0.2, 0) is 9.53 Å². The molecule has 0 spiro atoms. The molecule has 1 aromatic carbocycles. The molecule has 0 saturated carbocycles. The molecule has 1 N–H and O–H groups in total. The number of nitrogens with one attached hydrogen (secondary N) is 1. The van der Waals surface area contributed by atoms with E-state index >= 15 is 0 Å². The molecule has 1 amide bonds. The number of carbonyl (C=O) groups excluding carboxylic acids is 2. The number of ether oxygens (including phenoxy) is 2. The number of aromatic nitrogens is 1. The van der Waals surface area contributed by atoms with Gasteiger partial charge in [-0.2, -0.15) is 0 Å². The highest BCUT2D eigenvalue weighted by Crippen LogP contribution is 2.15. The molecule has 0 bridgehead atoms. The molecular weight excluding hydrogens is 356 g/mol. The molecule has 2 rings (SSSR count). The van der Waals surface area contributed by atoms with Gasteiger partial charge in [0.05, 0.1) is 17.2 Å². The van der Waals surface area contributed by atoms with Crippen LogP contribution in [0.2, 0.25) is 5.02 Å². The van der Waals surface area contributed by atoms with E-state index in [1.54, 1.807) is 36.4 Å². The fourth-order valence-electron chi connectivity index (χ4n) is 1.91. The van der Waals surface area contributed by atoms with Crippen molar-refractivity contribution >= 4 is 29.3 Å². The van der Waals surface area contributed by atoms with Gasteiger partial charge in [0.2, 0.25) is 0 Å². The van der Waals surface area contributed by atoms with Crippen molar-refractivity contribution in [1.29, 1.82) is 0 Å². The Morgan fingerprint density at radius 3 is 2.38 bits per heavy atom. The zero-order valence-corrected chi connectivity index (χ0v) is 15.6. The summed E-state index contributed by atoms with van der Waals surface area (Å²) in [5, 5.41) is 3.02. The van der Waals surface area contributed by atoms with E-state index in [0.717, 1.165) is 0 Å². The highest BCUT2D eigenvalue weighted by molar-refractivity contribution is 6.30. The molecule has 0 aliphatic heterocycles. The van der Waals surface area contributed by atoms with E-state index in [-0.39, 0.29) is 0 Å². The smallest absolute Gasteiger partial charge is 0.338 e. The van der Waals surface area contributed by atoms with E-state index in [1.165, 1.54) is 13.1 Å². The lowest BCUT2D eigenvalue weighted by Gasteiger charge is -2.13. The highest BCUT2D eigenvalue weighted by Gasteiger charge is 2.19. The van der Waals surface area contributed by atoms with Crippen molar-refractivity contribution in [1.82, 2.24) is 4.98 Å². The van der Waals surface area contributed by atoms with Gasteiger partial charge in [0.25, 0.3) is 5.91 Å². The molecule has 0 fully saturated rings. The van der Waals surface area contributed by atoms with E-state index in [0.29, 0.717) is 34.7 Å². The molecule has 0 saturated heterocycles. The summed E-state index contributed by atoms with van der Waals surface area (Å²) in [6.45, 7) is 6.19. The normalized spacial score (nSPS) is 11.7. The predicted octanol–water partition coefficient (Wildman–Crippen LogP) is 3.95. The summed E-state index contributed by atoms with van der Waals surface area (Å²) in [7, 11) is 0. The fraction of sp³-hybridized carbons (Fsp3) is 0.316. The van der Waals surface area contributed by atoms with Gasteiger partial charge in [0.15, 0.2) is 6.10 Å². The Morgan fingerprint density at radius 2 is 1.81 bits per heavy atom. The minimum absolute atomic E-state index is 0.328. The number of halogens is 1. The van der Waals surface area contributed by atoms with Gasteiger partial charge in [0.1, 0.15) is 11.6 Å². The summed E-state index contributed by atoms with van der Waals surface area (Å²) in [6, 6.07) is 9.75. The average Bonchev–Trinajstić information content (AvgIpc) is 2.62. The summed E-state index contributed by atoms with van der Waals surface area (Å²) in [6.07, 6.45) is 0.438. The zero-order chi connectivity index (χ0) is 19.1. The molecule has 1 atom stereocenters. The largest absolute Gasteiger partial charge is 0.493 e. The third kappa shape index (κ3) is 6.04. The van der Waals surface area contributed by atoms with Gasteiger partial charge in [-0.25, -0.2) is 9.78 Å². The number of amides is 1. The van der Waals surface area contributed by atoms with Gasteiger partial charge in [-0.15, -0.1) is 0 Å². The Morgan fingerprint density at radius 1 is 1.12 bits per heavy atom. The number of hydrogen-bond donors (Lipinski definition) is 1. The number of nitrogens with zero attached hydrogens (tertiary/aromatic N) is 1. The number of hydrogen-bond acceptors (Lipinski definition) is 5. The second-order valence-electron chi connectivity index (χ2n) is 6.13. The zero-order valence-electron chi connectivity index (χ0n) is 14.9. The molecule has 0 aliphatic carbocycles.